The molecule has 0 spiro atoms. The molecule has 9 nitrogen and oxygen atoms in total. The Kier molecular flexibility index (Phi) is 7.98. The average Bonchev–Trinajstić information content (AvgIpc) is 2.54. The fourth-order valence-corrected chi connectivity index (χ4v) is 2.77. The molecule has 0 aromatic heterocycles. The van der Waals surface area contributed by atoms with Gasteiger partial charge in [-0.2, -0.15) is 0 Å². The van der Waals surface area contributed by atoms with Crippen molar-refractivity contribution in [2.45, 2.75) is 56.7 Å². The highest BCUT2D eigenvalue weighted by atomic mass is 32.2. The van der Waals surface area contributed by atoms with Crippen molar-refractivity contribution in [1.82, 2.24) is 10.6 Å². The van der Waals surface area contributed by atoms with E-state index < -0.39 is 39.4 Å². The Balaban J connectivity index is 2.74. The number of alkyl carbamates (subject to hydrolysis) is 1. The standard InChI is InChI=1S/C18H27N3O6S/c1-18(2,3)21-17(24)27-14(9-10-15(19)22)16(23)20-11-12-5-7-13(8-6-12)28(4,25)26/h5-8,14H,9-11H2,1-4H3,(H2,19,22)(H,20,23)(H,21,24). The number of rotatable bonds is 8. The molecule has 1 rings (SSSR count). The van der Waals surface area contributed by atoms with Gasteiger partial charge in [0, 0.05) is 31.2 Å². The normalized spacial score (nSPS) is 12.7. The molecular formula is C18H27N3O6S. The largest absolute Gasteiger partial charge is 0.436 e. The van der Waals surface area contributed by atoms with Crippen LogP contribution in [0.4, 0.5) is 4.79 Å². The van der Waals surface area contributed by atoms with Crippen LogP contribution in [-0.2, 0) is 30.7 Å². The third-order valence-corrected chi connectivity index (χ3v) is 4.62. The Morgan fingerprint density at radius 3 is 2.18 bits per heavy atom. The Labute approximate surface area is 164 Å². The number of ether oxygens (including phenoxy) is 1. The maximum absolute atomic E-state index is 12.4. The second kappa shape index (κ2) is 9.54. The molecule has 0 heterocycles. The summed E-state index contributed by atoms with van der Waals surface area (Å²) in [6.07, 6.45) is -1.04. The van der Waals surface area contributed by atoms with E-state index in [1.165, 1.54) is 12.1 Å². The number of primary amides is 1. The van der Waals surface area contributed by atoms with Gasteiger partial charge in [0.15, 0.2) is 15.9 Å². The highest BCUT2D eigenvalue weighted by molar-refractivity contribution is 7.90. The summed E-state index contributed by atoms with van der Waals surface area (Å²) >= 11 is 0. The Morgan fingerprint density at radius 2 is 1.71 bits per heavy atom. The molecule has 10 heteroatoms. The van der Waals surface area contributed by atoms with Crippen LogP contribution in [0.2, 0.25) is 0 Å². The van der Waals surface area contributed by atoms with Gasteiger partial charge in [-0.15, -0.1) is 0 Å². The van der Waals surface area contributed by atoms with Gasteiger partial charge in [-0.25, -0.2) is 13.2 Å². The van der Waals surface area contributed by atoms with E-state index in [4.69, 9.17) is 10.5 Å². The van der Waals surface area contributed by atoms with Crippen LogP contribution in [0.3, 0.4) is 0 Å². The van der Waals surface area contributed by atoms with Crippen LogP contribution in [0.15, 0.2) is 29.2 Å². The summed E-state index contributed by atoms with van der Waals surface area (Å²) in [6, 6.07) is 6.02. The van der Waals surface area contributed by atoms with Crippen molar-refractivity contribution in [1.29, 1.82) is 0 Å². The van der Waals surface area contributed by atoms with Gasteiger partial charge in [-0.3, -0.25) is 9.59 Å². The zero-order valence-electron chi connectivity index (χ0n) is 16.4. The Morgan fingerprint density at radius 1 is 1.14 bits per heavy atom. The maximum Gasteiger partial charge on any atom is 0.408 e. The fourth-order valence-electron chi connectivity index (χ4n) is 2.14. The van der Waals surface area contributed by atoms with Crippen LogP contribution in [-0.4, -0.2) is 44.2 Å². The minimum Gasteiger partial charge on any atom is -0.436 e. The van der Waals surface area contributed by atoms with Gasteiger partial charge in [-0.1, -0.05) is 12.1 Å². The molecule has 4 N–H and O–H groups in total. The molecule has 28 heavy (non-hydrogen) atoms. The fraction of sp³-hybridized carbons (Fsp3) is 0.500. The molecule has 1 unspecified atom stereocenters. The van der Waals surface area contributed by atoms with Crippen LogP contribution in [0, 0.1) is 0 Å². The van der Waals surface area contributed by atoms with Gasteiger partial charge in [0.1, 0.15) is 0 Å². The Bertz CT molecular complexity index is 813. The van der Waals surface area contributed by atoms with Crippen molar-refractivity contribution in [3.63, 3.8) is 0 Å². The number of hydrogen-bond donors (Lipinski definition) is 3. The molecule has 0 saturated carbocycles. The molecular weight excluding hydrogens is 386 g/mol. The van der Waals surface area contributed by atoms with Crippen LogP contribution < -0.4 is 16.4 Å². The minimum absolute atomic E-state index is 0.0499. The first-order chi connectivity index (χ1) is 12.8. The van der Waals surface area contributed by atoms with E-state index in [1.807, 2.05) is 0 Å². The monoisotopic (exact) mass is 413 g/mol. The zero-order chi connectivity index (χ0) is 21.5. The van der Waals surface area contributed by atoms with Crippen LogP contribution >= 0.6 is 0 Å². The number of hydrogen-bond acceptors (Lipinski definition) is 6. The van der Waals surface area contributed by atoms with E-state index >= 15 is 0 Å². The van der Waals surface area contributed by atoms with E-state index in [0.717, 1.165) is 6.26 Å². The van der Waals surface area contributed by atoms with Crippen molar-refractivity contribution in [3.8, 4) is 0 Å². The summed E-state index contributed by atoms with van der Waals surface area (Å²) in [5.41, 5.74) is 5.22. The molecule has 0 aliphatic rings. The third-order valence-electron chi connectivity index (χ3n) is 3.49. The smallest absolute Gasteiger partial charge is 0.408 e. The first-order valence-electron chi connectivity index (χ1n) is 8.62. The second-order valence-corrected chi connectivity index (χ2v) is 9.42. The molecule has 1 aromatic carbocycles. The molecule has 3 amide bonds. The number of amides is 3. The summed E-state index contributed by atoms with van der Waals surface area (Å²) in [6.45, 7) is 5.37. The van der Waals surface area contributed by atoms with Crippen molar-refractivity contribution < 1.29 is 27.5 Å². The predicted molar refractivity (Wildman–Crippen MR) is 103 cm³/mol. The molecule has 0 saturated heterocycles. The van der Waals surface area contributed by atoms with Crippen LogP contribution in [0.1, 0.15) is 39.2 Å². The van der Waals surface area contributed by atoms with E-state index in [-0.39, 0.29) is 24.3 Å². The van der Waals surface area contributed by atoms with Gasteiger partial charge < -0.3 is 21.1 Å². The molecule has 0 radical (unpaired) electrons. The topological polar surface area (TPSA) is 145 Å². The molecule has 0 fully saturated rings. The lowest BCUT2D eigenvalue weighted by molar-refractivity contribution is -0.130. The molecule has 0 aliphatic heterocycles. The summed E-state index contributed by atoms with van der Waals surface area (Å²) in [4.78, 5) is 35.5. The number of sulfone groups is 1. The van der Waals surface area contributed by atoms with E-state index in [2.05, 4.69) is 10.6 Å². The summed E-state index contributed by atoms with van der Waals surface area (Å²) < 4.78 is 28.1. The number of benzene rings is 1. The summed E-state index contributed by atoms with van der Waals surface area (Å²) in [5.74, 6) is -1.20. The third kappa shape index (κ3) is 8.85. The lowest BCUT2D eigenvalue weighted by Gasteiger charge is -2.23. The van der Waals surface area contributed by atoms with Gasteiger partial charge in [0.05, 0.1) is 4.90 Å². The first-order valence-corrected chi connectivity index (χ1v) is 10.5. The highest BCUT2D eigenvalue weighted by Crippen LogP contribution is 2.11. The van der Waals surface area contributed by atoms with Gasteiger partial charge in [0.25, 0.3) is 5.91 Å². The number of carbonyl (C=O) groups is 3. The number of carbonyl (C=O) groups excluding carboxylic acids is 3. The second-order valence-electron chi connectivity index (χ2n) is 7.41. The minimum atomic E-state index is -3.30. The van der Waals surface area contributed by atoms with E-state index in [9.17, 15) is 22.8 Å². The first kappa shape index (κ1) is 23.4. The lowest BCUT2D eigenvalue weighted by atomic mass is 10.1. The summed E-state index contributed by atoms with van der Waals surface area (Å²) in [5, 5.41) is 5.18. The van der Waals surface area contributed by atoms with Gasteiger partial charge in [0.2, 0.25) is 5.91 Å². The van der Waals surface area contributed by atoms with Crippen LogP contribution in [0.25, 0.3) is 0 Å². The van der Waals surface area contributed by atoms with Crippen molar-refractivity contribution >= 4 is 27.7 Å². The molecule has 0 bridgehead atoms. The quantitative estimate of drug-likeness (QED) is 0.576. The van der Waals surface area contributed by atoms with Crippen molar-refractivity contribution in [3.05, 3.63) is 29.8 Å². The molecule has 156 valence electrons. The number of nitrogens with two attached hydrogens (primary N) is 1. The SMILES string of the molecule is CC(C)(C)NC(=O)OC(CCC(N)=O)C(=O)NCc1ccc(S(C)(=O)=O)cc1. The van der Waals surface area contributed by atoms with E-state index in [0.29, 0.717) is 5.56 Å². The molecule has 1 atom stereocenters. The predicted octanol–water partition coefficient (Wildman–Crippen LogP) is 0.865. The van der Waals surface area contributed by atoms with Crippen molar-refractivity contribution in [2.75, 3.05) is 6.26 Å². The highest BCUT2D eigenvalue weighted by Gasteiger charge is 2.25. The van der Waals surface area contributed by atoms with Gasteiger partial charge >= 0.3 is 6.09 Å². The zero-order valence-corrected chi connectivity index (χ0v) is 17.3. The number of nitrogens with one attached hydrogen (secondary N) is 2. The van der Waals surface area contributed by atoms with Gasteiger partial charge in [-0.05, 0) is 38.5 Å². The van der Waals surface area contributed by atoms with Crippen molar-refractivity contribution in [2.24, 2.45) is 5.73 Å². The van der Waals surface area contributed by atoms with E-state index in [1.54, 1.807) is 32.9 Å². The summed E-state index contributed by atoms with van der Waals surface area (Å²) in [7, 11) is -3.30. The molecule has 0 aliphatic carbocycles. The lowest BCUT2D eigenvalue weighted by Crippen LogP contribution is -2.45. The maximum atomic E-state index is 12.4. The average molecular weight is 413 g/mol. The molecule has 1 aromatic rings. The van der Waals surface area contributed by atoms with Crippen LogP contribution in [0.5, 0.6) is 0 Å². The Hall–Kier alpha value is -2.62.